The van der Waals surface area contributed by atoms with Crippen LogP contribution in [0.1, 0.15) is 37.4 Å². The van der Waals surface area contributed by atoms with E-state index in [0.29, 0.717) is 12.4 Å². The maximum Gasteiger partial charge on any atom is 0.226 e. The molecule has 6 nitrogen and oxygen atoms in total. The van der Waals surface area contributed by atoms with Crippen molar-refractivity contribution in [1.29, 1.82) is 0 Å². The highest BCUT2D eigenvalue weighted by atomic mass is 127. The molecular weight excluding hydrogens is 477 g/mol. The number of hydrogen-bond acceptors (Lipinski definition) is 4. The van der Waals surface area contributed by atoms with Gasteiger partial charge in [0.25, 0.3) is 0 Å². The Balaban J connectivity index is 0.00000300. The van der Waals surface area contributed by atoms with Gasteiger partial charge in [0.15, 0.2) is 5.96 Å². The van der Waals surface area contributed by atoms with E-state index in [4.69, 9.17) is 4.42 Å². The van der Waals surface area contributed by atoms with Crippen LogP contribution in [0.2, 0.25) is 0 Å². The van der Waals surface area contributed by atoms with E-state index in [1.165, 1.54) is 31.5 Å². The van der Waals surface area contributed by atoms with E-state index in [0.717, 1.165) is 42.6 Å². The van der Waals surface area contributed by atoms with Gasteiger partial charge in [0, 0.05) is 25.7 Å². The van der Waals surface area contributed by atoms with Gasteiger partial charge in [-0.3, -0.25) is 4.99 Å². The average molecular weight is 511 g/mol. The summed E-state index contributed by atoms with van der Waals surface area (Å²) in [6.45, 7) is 9.55. The Labute approximate surface area is 191 Å². The molecule has 0 amide bonds. The Morgan fingerprint density at radius 3 is 2.79 bits per heavy atom. The molecule has 2 heterocycles. The standard InChI is InChI=1S/C22H33N5O.HI/c1-17-7-9-19(10-8-17)21-26-20(16-28-21)14-25-22(23-3)24-11-5-13-27-12-4-6-18(2)15-27;/h7-10,16,18H,4-6,11-15H2,1-3H3,(H2,23,24,25);1H. The second-order valence-corrected chi connectivity index (χ2v) is 7.76. The van der Waals surface area contributed by atoms with Crippen LogP contribution in [0.3, 0.4) is 0 Å². The van der Waals surface area contributed by atoms with E-state index in [1.54, 1.807) is 13.3 Å². The van der Waals surface area contributed by atoms with Crippen molar-refractivity contribution >= 4 is 29.9 Å². The van der Waals surface area contributed by atoms with Crippen molar-refractivity contribution in [3.63, 3.8) is 0 Å². The number of aromatic nitrogens is 1. The summed E-state index contributed by atoms with van der Waals surface area (Å²) >= 11 is 0. The summed E-state index contributed by atoms with van der Waals surface area (Å²) in [5, 5.41) is 6.70. The Bertz CT molecular complexity index is 759. The summed E-state index contributed by atoms with van der Waals surface area (Å²) in [6, 6.07) is 8.19. The van der Waals surface area contributed by atoms with E-state index in [1.807, 2.05) is 12.1 Å². The van der Waals surface area contributed by atoms with Crippen molar-refractivity contribution in [3.8, 4) is 11.5 Å². The molecule has 160 valence electrons. The number of rotatable bonds is 7. The van der Waals surface area contributed by atoms with Crippen LogP contribution in [0.5, 0.6) is 0 Å². The van der Waals surface area contributed by atoms with Gasteiger partial charge in [0.1, 0.15) is 6.26 Å². The Morgan fingerprint density at radius 1 is 1.28 bits per heavy atom. The number of halogens is 1. The van der Waals surface area contributed by atoms with Crippen molar-refractivity contribution in [1.82, 2.24) is 20.5 Å². The zero-order valence-corrected chi connectivity index (χ0v) is 20.1. The Hall–Kier alpha value is -1.61. The third-order valence-electron chi connectivity index (χ3n) is 5.20. The summed E-state index contributed by atoms with van der Waals surface area (Å²) in [5.74, 6) is 2.28. The second-order valence-electron chi connectivity index (χ2n) is 7.76. The van der Waals surface area contributed by atoms with Crippen LogP contribution in [-0.4, -0.2) is 49.1 Å². The molecule has 3 rings (SSSR count). The lowest BCUT2D eigenvalue weighted by Crippen LogP contribution is -2.39. The lowest BCUT2D eigenvalue weighted by atomic mass is 10.0. The largest absolute Gasteiger partial charge is 0.444 e. The third-order valence-corrected chi connectivity index (χ3v) is 5.20. The zero-order chi connectivity index (χ0) is 19.8. The van der Waals surface area contributed by atoms with Crippen LogP contribution < -0.4 is 10.6 Å². The first kappa shape index (κ1) is 23.7. The molecule has 0 spiro atoms. The van der Waals surface area contributed by atoms with Crippen molar-refractivity contribution in [2.75, 3.05) is 33.2 Å². The molecule has 1 aliphatic heterocycles. The summed E-state index contributed by atoms with van der Waals surface area (Å²) in [7, 11) is 1.79. The number of guanidine groups is 1. The molecule has 1 atom stereocenters. The van der Waals surface area contributed by atoms with Gasteiger partial charge in [-0.05, 0) is 57.3 Å². The van der Waals surface area contributed by atoms with Gasteiger partial charge in [0.05, 0.1) is 12.2 Å². The quantitative estimate of drug-likeness (QED) is 0.254. The maximum absolute atomic E-state index is 5.61. The second kappa shape index (κ2) is 12.2. The number of piperidine rings is 1. The predicted octanol–water partition coefficient (Wildman–Crippen LogP) is 4.06. The number of aliphatic imine (C=N–C) groups is 1. The van der Waals surface area contributed by atoms with E-state index < -0.39 is 0 Å². The molecule has 2 N–H and O–H groups in total. The van der Waals surface area contributed by atoms with Crippen LogP contribution >= 0.6 is 24.0 Å². The first-order valence-corrected chi connectivity index (χ1v) is 10.3. The molecule has 7 heteroatoms. The van der Waals surface area contributed by atoms with Gasteiger partial charge in [-0.15, -0.1) is 24.0 Å². The average Bonchev–Trinajstić information content (AvgIpc) is 3.17. The van der Waals surface area contributed by atoms with Crippen LogP contribution in [-0.2, 0) is 6.54 Å². The molecule has 1 aromatic carbocycles. The van der Waals surface area contributed by atoms with Crippen LogP contribution in [0.25, 0.3) is 11.5 Å². The van der Waals surface area contributed by atoms with Gasteiger partial charge in [0.2, 0.25) is 5.89 Å². The van der Waals surface area contributed by atoms with Crippen LogP contribution in [0.15, 0.2) is 39.9 Å². The van der Waals surface area contributed by atoms with Crippen LogP contribution in [0, 0.1) is 12.8 Å². The molecule has 0 bridgehead atoms. The first-order valence-electron chi connectivity index (χ1n) is 10.3. The minimum absolute atomic E-state index is 0. The number of oxazole rings is 1. The van der Waals surface area contributed by atoms with Gasteiger partial charge >= 0.3 is 0 Å². The van der Waals surface area contributed by atoms with Gasteiger partial charge in [-0.1, -0.05) is 24.6 Å². The number of likely N-dealkylation sites (tertiary alicyclic amines) is 1. The highest BCUT2D eigenvalue weighted by Crippen LogP contribution is 2.19. The Kier molecular flexibility index (Phi) is 9.93. The zero-order valence-electron chi connectivity index (χ0n) is 17.8. The number of nitrogens with zero attached hydrogens (tertiary/aromatic N) is 3. The van der Waals surface area contributed by atoms with Gasteiger partial charge < -0.3 is 20.0 Å². The maximum atomic E-state index is 5.61. The molecule has 1 fully saturated rings. The molecule has 29 heavy (non-hydrogen) atoms. The predicted molar refractivity (Wildman–Crippen MR) is 130 cm³/mol. The highest BCUT2D eigenvalue weighted by molar-refractivity contribution is 14.0. The molecule has 1 saturated heterocycles. The SMILES string of the molecule is CN=C(NCCCN1CCCC(C)C1)NCc1coc(-c2ccc(C)cc2)n1.I. The number of aryl methyl sites for hydroxylation is 1. The minimum Gasteiger partial charge on any atom is -0.444 e. The summed E-state index contributed by atoms with van der Waals surface area (Å²) < 4.78 is 5.61. The molecule has 1 aromatic heterocycles. The van der Waals surface area contributed by atoms with E-state index >= 15 is 0 Å². The van der Waals surface area contributed by atoms with Crippen molar-refractivity contribution in [2.24, 2.45) is 10.9 Å². The van der Waals surface area contributed by atoms with E-state index in [-0.39, 0.29) is 24.0 Å². The first-order chi connectivity index (χ1) is 13.6. The van der Waals surface area contributed by atoms with E-state index in [9.17, 15) is 0 Å². The molecule has 0 saturated carbocycles. The summed E-state index contributed by atoms with van der Waals surface area (Å²) in [5.41, 5.74) is 3.08. The van der Waals surface area contributed by atoms with Gasteiger partial charge in [-0.25, -0.2) is 4.98 Å². The summed E-state index contributed by atoms with van der Waals surface area (Å²) in [4.78, 5) is 11.4. The molecule has 1 unspecified atom stereocenters. The monoisotopic (exact) mass is 511 g/mol. The lowest BCUT2D eigenvalue weighted by molar-refractivity contribution is 0.182. The fourth-order valence-electron chi connectivity index (χ4n) is 3.61. The number of hydrogen-bond donors (Lipinski definition) is 2. The molecule has 0 radical (unpaired) electrons. The van der Waals surface area contributed by atoms with Crippen molar-refractivity contribution in [2.45, 2.75) is 39.7 Å². The normalized spacial score (nSPS) is 17.6. The number of nitrogens with one attached hydrogen (secondary N) is 2. The highest BCUT2D eigenvalue weighted by Gasteiger charge is 2.15. The van der Waals surface area contributed by atoms with Gasteiger partial charge in [-0.2, -0.15) is 0 Å². The molecule has 1 aliphatic rings. The Morgan fingerprint density at radius 2 is 2.07 bits per heavy atom. The third kappa shape index (κ3) is 7.62. The van der Waals surface area contributed by atoms with Crippen LogP contribution in [0.4, 0.5) is 0 Å². The lowest BCUT2D eigenvalue weighted by Gasteiger charge is -2.30. The molecule has 0 aliphatic carbocycles. The van der Waals surface area contributed by atoms with Crippen molar-refractivity contribution < 1.29 is 4.42 Å². The smallest absolute Gasteiger partial charge is 0.226 e. The van der Waals surface area contributed by atoms with Crippen molar-refractivity contribution in [3.05, 3.63) is 41.8 Å². The van der Waals surface area contributed by atoms with E-state index in [2.05, 4.69) is 51.5 Å². The molecule has 2 aromatic rings. The minimum atomic E-state index is 0. The number of benzene rings is 1. The fraction of sp³-hybridized carbons (Fsp3) is 0.545. The topological polar surface area (TPSA) is 65.7 Å². The molecular formula is C22H34IN5O. The fourth-order valence-corrected chi connectivity index (χ4v) is 3.61. The summed E-state index contributed by atoms with van der Waals surface area (Å²) in [6.07, 6.45) is 5.53.